The van der Waals surface area contributed by atoms with Gasteiger partial charge in [0.05, 0.1) is 0 Å². The molecule has 2 aliphatic carbocycles. The van der Waals surface area contributed by atoms with Gasteiger partial charge in [0.2, 0.25) is 0 Å². The van der Waals surface area contributed by atoms with Gasteiger partial charge in [-0.3, -0.25) is 0 Å². The molecule has 1 fully saturated rings. The van der Waals surface area contributed by atoms with Crippen molar-refractivity contribution in [1.82, 2.24) is 0 Å². The second-order valence-electron chi connectivity index (χ2n) is 4.57. The molecule has 1 aromatic rings. The second kappa shape index (κ2) is 3.69. The fraction of sp³-hybridized carbons (Fsp3) is 0.333. The van der Waals surface area contributed by atoms with Crippen molar-refractivity contribution < 1.29 is 0 Å². The molecule has 0 saturated heterocycles. The summed E-state index contributed by atoms with van der Waals surface area (Å²) >= 11 is 0. The van der Waals surface area contributed by atoms with Gasteiger partial charge in [-0.15, -0.1) is 0 Å². The molecule has 0 bridgehead atoms. The fourth-order valence-corrected chi connectivity index (χ4v) is 2.97. The van der Waals surface area contributed by atoms with E-state index in [2.05, 4.69) is 48.6 Å². The minimum Gasteiger partial charge on any atom is -0.0808 e. The molecule has 0 heteroatoms. The van der Waals surface area contributed by atoms with E-state index in [0.717, 1.165) is 11.8 Å². The molecule has 3 rings (SSSR count). The molecule has 0 radical (unpaired) electrons. The third kappa shape index (κ3) is 1.54. The van der Waals surface area contributed by atoms with E-state index in [4.69, 9.17) is 0 Å². The summed E-state index contributed by atoms with van der Waals surface area (Å²) < 4.78 is 0. The summed E-state index contributed by atoms with van der Waals surface area (Å²) in [4.78, 5) is 0. The van der Waals surface area contributed by atoms with Gasteiger partial charge in [-0.1, -0.05) is 55.0 Å². The lowest BCUT2D eigenvalue weighted by molar-refractivity contribution is 0.568. The zero-order chi connectivity index (χ0) is 10.1. The van der Waals surface area contributed by atoms with Crippen molar-refractivity contribution in [3.8, 4) is 0 Å². The van der Waals surface area contributed by atoms with Gasteiger partial charge in [0.1, 0.15) is 0 Å². The monoisotopic (exact) mass is 196 g/mol. The fourth-order valence-electron chi connectivity index (χ4n) is 2.97. The van der Waals surface area contributed by atoms with Crippen LogP contribution in [0.2, 0.25) is 0 Å². The highest BCUT2D eigenvalue weighted by Crippen LogP contribution is 2.43. The molecule has 15 heavy (non-hydrogen) atoms. The van der Waals surface area contributed by atoms with Crippen LogP contribution >= 0.6 is 0 Å². The van der Waals surface area contributed by atoms with Crippen LogP contribution in [0.15, 0.2) is 48.6 Å². The van der Waals surface area contributed by atoms with Crippen molar-refractivity contribution in [2.75, 3.05) is 0 Å². The summed E-state index contributed by atoms with van der Waals surface area (Å²) in [7, 11) is 0. The average Bonchev–Trinajstić information content (AvgIpc) is 2.78. The van der Waals surface area contributed by atoms with Crippen molar-refractivity contribution in [3.63, 3.8) is 0 Å². The van der Waals surface area contributed by atoms with Crippen molar-refractivity contribution in [1.29, 1.82) is 0 Å². The molecule has 0 nitrogen and oxygen atoms in total. The van der Waals surface area contributed by atoms with Gasteiger partial charge in [-0.25, -0.2) is 0 Å². The Balaban J connectivity index is 1.99. The molecule has 0 spiro atoms. The topological polar surface area (TPSA) is 0 Å². The number of fused-ring (bicyclic) bond motifs is 1. The van der Waals surface area contributed by atoms with Crippen LogP contribution in [0.5, 0.6) is 0 Å². The third-order valence-electron chi connectivity index (χ3n) is 3.71. The van der Waals surface area contributed by atoms with Crippen molar-refractivity contribution in [2.45, 2.75) is 19.3 Å². The van der Waals surface area contributed by atoms with Crippen molar-refractivity contribution in [3.05, 3.63) is 54.1 Å². The van der Waals surface area contributed by atoms with E-state index in [1.54, 1.807) is 5.57 Å². The van der Waals surface area contributed by atoms with E-state index in [0.29, 0.717) is 0 Å². The molecule has 0 heterocycles. The maximum Gasteiger partial charge on any atom is -0.00930 e. The number of benzene rings is 1. The first-order valence-corrected chi connectivity index (χ1v) is 5.89. The normalized spacial score (nSPS) is 28.7. The molecule has 0 aliphatic heterocycles. The molecule has 2 aliphatic rings. The molecule has 2 atom stereocenters. The zero-order valence-electron chi connectivity index (χ0n) is 8.89. The van der Waals surface area contributed by atoms with Crippen molar-refractivity contribution in [2.24, 2.45) is 11.8 Å². The van der Waals surface area contributed by atoms with Gasteiger partial charge in [-0.05, 0) is 35.8 Å². The van der Waals surface area contributed by atoms with Crippen LogP contribution < -0.4 is 0 Å². The van der Waals surface area contributed by atoms with E-state index in [9.17, 15) is 0 Å². The van der Waals surface area contributed by atoms with Gasteiger partial charge < -0.3 is 0 Å². The first-order chi connectivity index (χ1) is 7.45. The van der Waals surface area contributed by atoms with Crippen LogP contribution in [0, 0.1) is 11.8 Å². The summed E-state index contributed by atoms with van der Waals surface area (Å²) in [5, 5.41) is 0. The number of allylic oxidation sites excluding steroid dienone is 4. The standard InChI is InChI=1S/C15H16/c1-2-6-12(7-3-1)14-10-4-8-13-9-5-11-15(13)14/h1-4,6-8,10,13,15H,5,9,11H2. The van der Waals surface area contributed by atoms with Crippen LogP contribution in [0.25, 0.3) is 5.57 Å². The second-order valence-corrected chi connectivity index (χ2v) is 4.57. The third-order valence-corrected chi connectivity index (χ3v) is 3.71. The molecule has 0 aromatic heterocycles. The lowest BCUT2D eigenvalue weighted by Crippen LogP contribution is -2.10. The van der Waals surface area contributed by atoms with Gasteiger partial charge in [0.25, 0.3) is 0 Å². The Bertz CT molecular complexity index is 397. The maximum absolute atomic E-state index is 2.39. The number of hydrogen-bond donors (Lipinski definition) is 0. The molecule has 76 valence electrons. The van der Waals surface area contributed by atoms with E-state index in [1.807, 2.05) is 0 Å². The Hall–Kier alpha value is -1.30. The van der Waals surface area contributed by atoms with E-state index < -0.39 is 0 Å². The smallest absolute Gasteiger partial charge is 0.00930 e. The van der Waals surface area contributed by atoms with Gasteiger partial charge in [-0.2, -0.15) is 0 Å². The van der Waals surface area contributed by atoms with Crippen LogP contribution in [0.4, 0.5) is 0 Å². The molecule has 1 saturated carbocycles. The van der Waals surface area contributed by atoms with E-state index in [-0.39, 0.29) is 0 Å². The Labute approximate surface area is 91.3 Å². The Morgan fingerprint density at radius 3 is 2.73 bits per heavy atom. The lowest BCUT2D eigenvalue weighted by Gasteiger charge is -2.23. The summed E-state index contributed by atoms with van der Waals surface area (Å²) in [5.74, 6) is 1.60. The summed E-state index contributed by atoms with van der Waals surface area (Å²) in [6.07, 6.45) is 11.1. The largest absolute Gasteiger partial charge is 0.0808 e. The predicted molar refractivity (Wildman–Crippen MR) is 64.4 cm³/mol. The summed E-state index contributed by atoms with van der Waals surface area (Å²) in [6, 6.07) is 10.8. The summed E-state index contributed by atoms with van der Waals surface area (Å²) in [6.45, 7) is 0. The van der Waals surface area contributed by atoms with Gasteiger partial charge >= 0.3 is 0 Å². The van der Waals surface area contributed by atoms with Crippen LogP contribution in [-0.4, -0.2) is 0 Å². The highest BCUT2D eigenvalue weighted by Gasteiger charge is 2.30. The quantitative estimate of drug-likeness (QED) is 0.635. The summed E-state index contributed by atoms with van der Waals surface area (Å²) in [5.41, 5.74) is 2.97. The van der Waals surface area contributed by atoms with Gasteiger partial charge in [0, 0.05) is 0 Å². The highest BCUT2D eigenvalue weighted by atomic mass is 14.3. The first-order valence-electron chi connectivity index (χ1n) is 5.89. The van der Waals surface area contributed by atoms with E-state index in [1.165, 1.54) is 24.8 Å². The van der Waals surface area contributed by atoms with Crippen LogP contribution in [-0.2, 0) is 0 Å². The highest BCUT2D eigenvalue weighted by molar-refractivity contribution is 5.70. The Kier molecular flexibility index (Phi) is 2.21. The predicted octanol–water partition coefficient (Wildman–Crippen LogP) is 4.06. The van der Waals surface area contributed by atoms with Gasteiger partial charge in [0.15, 0.2) is 0 Å². The van der Waals surface area contributed by atoms with Crippen molar-refractivity contribution >= 4 is 5.57 Å². The molecule has 2 unspecified atom stereocenters. The number of hydrogen-bond acceptors (Lipinski definition) is 0. The zero-order valence-corrected chi connectivity index (χ0v) is 8.89. The van der Waals surface area contributed by atoms with Crippen LogP contribution in [0.3, 0.4) is 0 Å². The lowest BCUT2D eigenvalue weighted by atomic mass is 9.81. The van der Waals surface area contributed by atoms with Crippen LogP contribution in [0.1, 0.15) is 24.8 Å². The Morgan fingerprint density at radius 2 is 1.87 bits per heavy atom. The molecule has 1 aromatic carbocycles. The minimum atomic E-state index is 0.789. The molecule has 0 amide bonds. The molecular weight excluding hydrogens is 180 g/mol. The molecular formula is C15H16. The SMILES string of the molecule is C1=CC2CCCC2C(c2ccccc2)=C1. The average molecular weight is 196 g/mol. The molecule has 0 N–H and O–H groups in total. The number of rotatable bonds is 1. The first kappa shape index (κ1) is 8.96. The minimum absolute atomic E-state index is 0.789. The van der Waals surface area contributed by atoms with E-state index >= 15 is 0 Å². The Morgan fingerprint density at radius 1 is 1.00 bits per heavy atom. The maximum atomic E-state index is 2.39.